The Morgan fingerprint density at radius 3 is 2.63 bits per heavy atom. The molecule has 2 aromatic rings. The Hall–Kier alpha value is -3.52. The highest BCUT2D eigenvalue weighted by molar-refractivity contribution is 7.88. The smallest absolute Gasteiger partial charge is 0.239 e. The first-order chi connectivity index (χ1) is 20.6. The molecule has 5 rings (SSSR count). The summed E-state index contributed by atoms with van der Waals surface area (Å²) in [5, 5.41) is 12.3. The minimum atomic E-state index is -3.42. The van der Waals surface area contributed by atoms with Crippen LogP contribution < -0.4 is 14.8 Å². The lowest BCUT2D eigenvalue weighted by molar-refractivity contribution is -0.139. The number of nitrogens with zero attached hydrogens (tertiary/aromatic N) is 2. The Morgan fingerprint density at radius 2 is 1.88 bits per heavy atom. The first-order valence-electron chi connectivity index (χ1n) is 14.5. The number of nitrogens with one attached hydrogen (secondary N) is 2. The molecule has 3 amide bonds. The summed E-state index contributed by atoms with van der Waals surface area (Å²) < 4.78 is 37.4. The van der Waals surface area contributed by atoms with Crippen molar-refractivity contribution >= 4 is 27.7 Å². The molecular weight excluding hydrogens is 576 g/mol. The predicted octanol–water partition coefficient (Wildman–Crippen LogP) is 1.18. The molecule has 4 bridgehead atoms. The van der Waals surface area contributed by atoms with E-state index in [0.717, 1.165) is 17.4 Å². The molecule has 3 aliphatic rings. The number of aryl methyl sites for hydroxylation is 1. The van der Waals surface area contributed by atoms with Gasteiger partial charge >= 0.3 is 0 Å². The van der Waals surface area contributed by atoms with Crippen LogP contribution in [0.2, 0.25) is 0 Å². The molecule has 1 saturated heterocycles. The summed E-state index contributed by atoms with van der Waals surface area (Å²) in [7, 11) is -3.42. The minimum absolute atomic E-state index is 0.0166. The number of hydrogen-bond donors (Lipinski definition) is 3. The number of hydrogen-bond acceptors (Lipinski definition) is 8. The van der Waals surface area contributed by atoms with E-state index in [4.69, 9.17) is 9.47 Å². The highest BCUT2D eigenvalue weighted by atomic mass is 32.2. The average molecular weight is 617 g/mol. The molecule has 12 nitrogen and oxygen atoms in total. The molecule has 0 spiro atoms. The van der Waals surface area contributed by atoms with Crippen LogP contribution >= 0.6 is 0 Å². The predicted molar refractivity (Wildman–Crippen MR) is 159 cm³/mol. The number of amides is 3. The molecule has 2 atom stereocenters. The van der Waals surface area contributed by atoms with Gasteiger partial charge in [-0.25, -0.2) is 13.1 Å². The van der Waals surface area contributed by atoms with E-state index in [1.165, 1.54) is 4.90 Å². The Balaban J connectivity index is 1.53. The molecular formula is C30H40N4O8S. The van der Waals surface area contributed by atoms with Crippen molar-refractivity contribution in [1.29, 1.82) is 0 Å². The third kappa shape index (κ3) is 10.3. The van der Waals surface area contributed by atoms with Gasteiger partial charge in [-0.1, -0.05) is 24.3 Å². The van der Waals surface area contributed by atoms with Crippen LogP contribution in [0.25, 0.3) is 0 Å². The zero-order valence-corrected chi connectivity index (χ0v) is 25.2. The summed E-state index contributed by atoms with van der Waals surface area (Å²) >= 11 is 0. The van der Waals surface area contributed by atoms with E-state index in [-0.39, 0.29) is 64.0 Å². The third-order valence-electron chi connectivity index (χ3n) is 7.37. The van der Waals surface area contributed by atoms with E-state index in [0.29, 0.717) is 37.3 Å². The molecule has 3 N–H and O–H groups in total. The number of aliphatic hydroxyl groups is 1. The minimum Gasteiger partial charge on any atom is -0.457 e. The second kappa shape index (κ2) is 15.3. The van der Waals surface area contributed by atoms with Crippen LogP contribution in [0.1, 0.15) is 36.8 Å². The number of piperidine rings is 1. The number of rotatable bonds is 7. The number of likely N-dealkylation sites (tertiary alicyclic amines) is 1. The Labute approximate surface area is 252 Å². The summed E-state index contributed by atoms with van der Waals surface area (Å²) in [6.07, 6.45) is 2.06. The van der Waals surface area contributed by atoms with Crippen molar-refractivity contribution in [3.8, 4) is 11.5 Å². The highest BCUT2D eigenvalue weighted by Gasteiger charge is 2.34. The molecule has 1 fully saturated rings. The molecule has 43 heavy (non-hydrogen) atoms. The summed E-state index contributed by atoms with van der Waals surface area (Å²) in [6, 6.07) is 14.5. The molecule has 3 heterocycles. The van der Waals surface area contributed by atoms with E-state index in [9.17, 15) is 27.9 Å². The van der Waals surface area contributed by atoms with Crippen LogP contribution in [0.15, 0.2) is 48.5 Å². The van der Waals surface area contributed by atoms with Gasteiger partial charge in [-0.3, -0.25) is 14.4 Å². The van der Waals surface area contributed by atoms with Crippen molar-refractivity contribution < 1.29 is 37.4 Å². The average Bonchev–Trinajstić information content (AvgIpc) is 2.97. The molecule has 3 aliphatic heterocycles. The first-order valence-corrected chi connectivity index (χ1v) is 16.4. The molecule has 0 saturated carbocycles. The van der Waals surface area contributed by atoms with Crippen molar-refractivity contribution in [3.05, 3.63) is 59.7 Å². The molecule has 13 heteroatoms. The largest absolute Gasteiger partial charge is 0.457 e. The van der Waals surface area contributed by atoms with Gasteiger partial charge in [0.1, 0.15) is 11.5 Å². The third-order valence-corrected chi connectivity index (χ3v) is 8.10. The van der Waals surface area contributed by atoms with Gasteiger partial charge in [0.2, 0.25) is 27.7 Å². The second-order valence-corrected chi connectivity index (χ2v) is 12.7. The monoisotopic (exact) mass is 616 g/mol. The first kappa shape index (κ1) is 32.4. The highest BCUT2D eigenvalue weighted by Crippen LogP contribution is 2.25. The Morgan fingerprint density at radius 1 is 1.09 bits per heavy atom. The van der Waals surface area contributed by atoms with Gasteiger partial charge in [0.25, 0.3) is 0 Å². The van der Waals surface area contributed by atoms with Crippen molar-refractivity contribution in [1.82, 2.24) is 19.8 Å². The fourth-order valence-corrected chi connectivity index (χ4v) is 5.62. The summed E-state index contributed by atoms with van der Waals surface area (Å²) in [5.41, 5.74) is 1.83. The quantitative estimate of drug-likeness (QED) is 0.419. The van der Waals surface area contributed by atoms with Gasteiger partial charge in [-0.2, -0.15) is 0 Å². The van der Waals surface area contributed by atoms with E-state index in [1.807, 2.05) is 48.5 Å². The van der Waals surface area contributed by atoms with Crippen LogP contribution in [0.4, 0.5) is 0 Å². The van der Waals surface area contributed by atoms with E-state index >= 15 is 0 Å². The maximum absolute atomic E-state index is 13.3. The topological polar surface area (TPSA) is 155 Å². The maximum atomic E-state index is 13.3. The van der Waals surface area contributed by atoms with Crippen LogP contribution in [0, 0.1) is 0 Å². The van der Waals surface area contributed by atoms with Gasteiger partial charge in [0, 0.05) is 45.6 Å². The molecule has 2 aromatic carbocycles. The van der Waals surface area contributed by atoms with E-state index in [1.54, 1.807) is 4.90 Å². The fraction of sp³-hybridized carbons (Fsp3) is 0.500. The van der Waals surface area contributed by atoms with Crippen LogP contribution in [-0.2, 0) is 42.2 Å². The van der Waals surface area contributed by atoms with Crippen LogP contribution in [0.3, 0.4) is 0 Å². The van der Waals surface area contributed by atoms with E-state index in [2.05, 4.69) is 10.0 Å². The van der Waals surface area contributed by atoms with Crippen LogP contribution in [0.5, 0.6) is 11.5 Å². The van der Waals surface area contributed by atoms with Crippen molar-refractivity contribution in [2.24, 2.45) is 0 Å². The molecule has 0 aromatic heterocycles. The standard InChI is InChI=1S/C30H40N4O8S/c1-43(39,40)31-14-12-30(38)34-16-13-27-26(19-34)32-28(36)20-33(15-3-17-35)29(37)11-8-22-6-9-24(10-7-22)42-25-5-2-4-23(18-25)21-41-27/h2,4-7,9-10,18,26-27,31,35H,3,8,11-17,19-21H2,1H3,(H,32,36)/t26-,27-/m0/s1. The van der Waals surface area contributed by atoms with Crippen molar-refractivity contribution in [3.63, 3.8) is 0 Å². The molecule has 0 unspecified atom stereocenters. The molecule has 234 valence electrons. The number of aliphatic hydroxyl groups excluding tert-OH is 1. The SMILES string of the molecule is CS(=O)(=O)NCCC(=O)N1CC[C@@H]2OCc3cccc(c3)Oc3ccc(cc3)CCC(=O)N(CCCO)CC(=O)N[C@H]2C1. The second-order valence-electron chi connectivity index (χ2n) is 10.9. The summed E-state index contributed by atoms with van der Waals surface area (Å²) in [5.74, 6) is 0.472. The normalized spacial score (nSPS) is 20.3. The van der Waals surface area contributed by atoms with Gasteiger partial charge < -0.3 is 29.7 Å². The lowest BCUT2D eigenvalue weighted by Gasteiger charge is -2.39. The fourth-order valence-electron chi connectivity index (χ4n) is 5.15. The lowest BCUT2D eigenvalue weighted by Crippen LogP contribution is -2.58. The summed E-state index contributed by atoms with van der Waals surface area (Å²) in [6.45, 7) is 0.716. The number of benzene rings is 2. The Bertz CT molecular complexity index is 1370. The molecule has 0 aliphatic carbocycles. The van der Waals surface area contributed by atoms with Gasteiger partial charge in [-0.15, -0.1) is 0 Å². The number of sulfonamides is 1. The number of carbonyl (C=O) groups excluding carboxylic acids is 3. The zero-order chi connectivity index (χ0) is 30.8. The Kier molecular flexibility index (Phi) is 11.5. The number of fused-ring (bicyclic) bond motifs is 9. The van der Waals surface area contributed by atoms with Crippen molar-refractivity contribution in [2.75, 3.05) is 45.6 Å². The summed E-state index contributed by atoms with van der Waals surface area (Å²) in [4.78, 5) is 42.3. The zero-order valence-electron chi connectivity index (χ0n) is 24.4. The van der Waals surface area contributed by atoms with Gasteiger partial charge in [0.15, 0.2) is 0 Å². The van der Waals surface area contributed by atoms with Gasteiger partial charge in [0.05, 0.1) is 31.6 Å². The number of carbonyl (C=O) groups is 3. The maximum Gasteiger partial charge on any atom is 0.239 e. The molecule has 0 radical (unpaired) electrons. The van der Waals surface area contributed by atoms with E-state index < -0.39 is 28.1 Å². The van der Waals surface area contributed by atoms with Crippen LogP contribution in [-0.4, -0.2) is 98.8 Å². The number of ether oxygens (including phenoxy) is 2. The lowest BCUT2D eigenvalue weighted by atomic mass is 10.0. The van der Waals surface area contributed by atoms with Gasteiger partial charge in [-0.05, 0) is 54.7 Å². The van der Waals surface area contributed by atoms with Crippen molar-refractivity contribution in [2.45, 2.75) is 50.9 Å².